The van der Waals surface area contributed by atoms with Crippen LogP contribution in [0.4, 0.5) is 0 Å². The average molecular weight is 495 g/mol. The molecule has 0 unspecified atom stereocenters. The lowest BCUT2D eigenvalue weighted by Gasteiger charge is -2.07. The maximum atomic E-state index is 12.7. The van der Waals surface area contributed by atoms with E-state index in [1.807, 2.05) is 12.1 Å². The van der Waals surface area contributed by atoms with E-state index in [-0.39, 0.29) is 23.9 Å². The Morgan fingerprint density at radius 1 is 0.969 bits per heavy atom. The molecule has 0 amide bonds. The van der Waals surface area contributed by atoms with Gasteiger partial charge in [0.1, 0.15) is 23.0 Å². The summed E-state index contributed by atoms with van der Waals surface area (Å²) in [5.41, 5.74) is 1.66. The molecule has 0 aliphatic carbocycles. The van der Waals surface area contributed by atoms with Crippen LogP contribution in [0.2, 0.25) is 0 Å². The number of carbonyl (C=O) groups is 2. The molecule has 3 aromatic carbocycles. The summed E-state index contributed by atoms with van der Waals surface area (Å²) in [6.07, 6.45) is 1.64. The maximum absolute atomic E-state index is 12.7. The van der Waals surface area contributed by atoms with Crippen LogP contribution in [0.15, 0.2) is 70.9 Å². The Hall–Kier alpha value is -3.58. The Morgan fingerprint density at radius 2 is 1.72 bits per heavy atom. The minimum atomic E-state index is -0.233. The summed E-state index contributed by atoms with van der Waals surface area (Å²) in [6, 6.07) is 17.2. The van der Waals surface area contributed by atoms with Crippen LogP contribution in [0.1, 0.15) is 26.3 Å². The van der Waals surface area contributed by atoms with E-state index < -0.39 is 0 Å². The summed E-state index contributed by atoms with van der Waals surface area (Å²) in [5, 5.41) is 0. The van der Waals surface area contributed by atoms with Gasteiger partial charge in [-0.3, -0.25) is 9.59 Å². The van der Waals surface area contributed by atoms with Crippen molar-refractivity contribution < 1.29 is 28.5 Å². The SMILES string of the molecule is COc1ccc(C(=O)COc2ccc3c(c2)OC(=Cc2cc(Br)ccc2OC)C3=O)cc1. The van der Waals surface area contributed by atoms with E-state index in [4.69, 9.17) is 18.9 Å². The predicted octanol–water partition coefficient (Wildman–Crippen LogP) is 5.34. The van der Waals surface area contributed by atoms with Gasteiger partial charge in [-0.2, -0.15) is 0 Å². The van der Waals surface area contributed by atoms with Crippen molar-refractivity contribution in [3.8, 4) is 23.0 Å². The summed E-state index contributed by atoms with van der Waals surface area (Å²) < 4.78 is 22.7. The molecule has 0 radical (unpaired) electrons. The average Bonchev–Trinajstić information content (AvgIpc) is 3.12. The fourth-order valence-corrected chi connectivity index (χ4v) is 3.60. The predicted molar refractivity (Wildman–Crippen MR) is 123 cm³/mol. The zero-order valence-corrected chi connectivity index (χ0v) is 19.0. The van der Waals surface area contributed by atoms with Crippen LogP contribution in [0.25, 0.3) is 6.08 Å². The Balaban J connectivity index is 1.48. The second-order valence-corrected chi connectivity index (χ2v) is 7.84. The lowest BCUT2D eigenvalue weighted by Crippen LogP contribution is -2.11. The van der Waals surface area contributed by atoms with E-state index in [2.05, 4.69) is 15.9 Å². The van der Waals surface area contributed by atoms with Crippen molar-refractivity contribution in [3.63, 3.8) is 0 Å². The number of Topliss-reactive ketones (excluding diaryl/α,β-unsaturated/α-hetero) is 2. The van der Waals surface area contributed by atoms with E-state index in [9.17, 15) is 9.59 Å². The van der Waals surface area contributed by atoms with Crippen molar-refractivity contribution in [2.45, 2.75) is 0 Å². The van der Waals surface area contributed by atoms with E-state index in [1.54, 1.807) is 68.8 Å². The molecule has 0 aromatic heterocycles. The maximum Gasteiger partial charge on any atom is 0.231 e. The van der Waals surface area contributed by atoms with Crippen LogP contribution in [0.3, 0.4) is 0 Å². The first-order valence-corrected chi connectivity index (χ1v) is 10.5. The molecule has 32 heavy (non-hydrogen) atoms. The number of rotatable bonds is 7. The van der Waals surface area contributed by atoms with Gasteiger partial charge in [0.2, 0.25) is 5.78 Å². The topological polar surface area (TPSA) is 71.1 Å². The third-order valence-corrected chi connectivity index (χ3v) is 5.39. The van der Waals surface area contributed by atoms with Crippen molar-refractivity contribution in [2.75, 3.05) is 20.8 Å². The molecule has 3 aromatic rings. The number of methoxy groups -OCH3 is 2. The molecule has 1 heterocycles. The summed E-state index contributed by atoms with van der Waals surface area (Å²) in [7, 11) is 3.13. The fourth-order valence-electron chi connectivity index (χ4n) is 3.23. The first-order valence-electron chi connectivity index (χ1n) is 9.70. The second kappa shape index (κ2) is 9.28. The lowest BCUT2D eigenvalue weighted by molar-refractivity contribution is 0.0920. The zero-order valence-electron chi connectivity index (χ0n) is 17.4. The summed E-state index contributed by atoms with van der Waals surface area (Å²) in [4.78, 5) is 25.1. The van der Waals surface area contributed by atoms with E-state index in [1.165, 1.54) is 0 Å². The van der Waals surface area contributed by atoms with Crippen LogP contribution in [-0.4, -0.2) is 32.4 Å². The van der Waals surface area contributed by atoms with Gasteiger partial charge < -0.3 is 18.9 Å². The van der Waals surface area contributed by atoms with Gasteiger partial charge in [-0.05, 0) is 60.7 Å². The van der Waals surface area contributed by atoms with Crippen molar-refractivity contribution in [1.82, 2.24) is 0 Å². The lowest BCUT2D eigenvalue weighted by atomic mass is 10.1. The monoisotopic (exact) mass is 494 g/mol. The van der Waals surface area contributed by atoms with Crippen LogP contribution in [0.5, 0.6) is 23.0 Å². The Labute approximate surface area is 193 Å². The second-order valence-electron chi connectivity index (χ2n) is 6.92. The molecule has 0 bridgehead atoms. The summed E-state index contributed by atoms with van der Waals surface area (Å²) in [5.74, 6) is 1.88. The first-order chi connectivity index (χ1) is 15.5. The Bertz CT molecular complexity index is 1210. The number of halogens is 1. The van der Waals surface area contributed by atoms with E-state index in [0.29, 0.717) is 39.7 Å². The Morgan fingerprint density at radius 3 is 2.44 bits per heavy atom. The molecule has 1 aliphatic rings. The van der Waals surface area contributed by atoms with Gasteiger partial charge >= 0.3 is 0 Å². The highest BCUT2D eigenvalue weighted by atomic mass is 79.9. The molecule has 0 fully saturated rings. The largest absolute Gasteiger partial charge is 0.497 e. The molecule has 6 nitrogen and oxygen atoms in total. The minimum absolute atomic E-state index is 0.142. The van der Waals surface area contributed by atoms with Crippen LogP contribution in [-0.2, 0) is 0 Å². The number of ketones is 2. The van der Waals surface area contributed by atoms with Crippen molar-refractivity contribution in [2.24, 2.45) is 0 Å². The molecule has 0 atom stereocenters. The smallest absolute Gasteiger partial charge is 0.231 e. The normalized spacial score (nSPS) is 13.5. The third-order valence-electron chi connectivity index (χ3n) is 4.90. The molecule has 0 saturated heterocycles. The molecule has 162 valence electrons. The third kappa shape index (κ3) is 4.53. The number of hydrogen-bond donors (Lipinski definition) is 0. The van der Waals surface area contributed by atoms with Gasteiger partial charge in [0.15, 0.2) is 18.1 Å². The highest BCUT2D eigenvalue weighted by molar-refractivity contribution is 9.10. The minimum Gasteiger partial charge on any atom is -0.497 e. The molecule has 4 rings (SSSR count). The number of fused-ring (bicyclic) bond motifs is 1. The van der Waals surface area contributed by atoms with E-state index in [0.717, 1.165) is 4.47 Å². The number of ether oxygens (including phenoxy) is 4. The number of allylic oxidation sites excluding steroid dienone is 1. The standard InChI is InChI=1S/C25H19BrO6/c1-29-18-6-3-15(4-7-18)21(27)14-31-19-8-9-20-23(13-19)32-24(25(20)28)12-16-11-17(26)5-10-22(16)30-2/h3-13H,14H2,1-2H3. The van der Waals surface area contributed by atoms with Crippen LogP contribution in [0, 0.1) is 0 Å². The van der Waals surface area contributed by atoms with Gasteiger partial charge in [-0.1, -0.05) is 15.9 Å². The molecular weight excluding hydrogens is 476 g/mol. The molecular formula is C25H19BrO6. The van der Waals surface area contributed by atoms with Crippen molar-refractivity contribution in [1.29, 1.82) is 0 Å². The number of hydrogen-bond acceptors (Lipinski definition) is 6. The van der Waals surface area contributed by atoms with Crippen molar-refractivity contribution in [3.05, 3.63) is 87.6 Å². The summed E-state index contributed by atoms with van der Waals surface area (Å²) in [6.45, 7) is -0.142. The quantitative estimate of drug-likeness (QED) is 0.326. The highest BCUT2D eigenvalue weighted by Gasteiger charge is 2.28. The van der Waals surface area contributed by atoms with Gasteiger partial charge in [0.25, 0.3) is 0 Å². The van der Waals surface area contributed by atoms with Crippen molar-refractivity contribution >= 4 is 33.6 Å². The van der Waals surface area contributed by atoms with Gasteiger partial charge in [0, 0.05) is 21.7 Å². The fraction of sp³-hybridized carbons (Fsp3) is 0.120. The molecule has 0 spiro atoms. The van der Waals surface area contributed by atoms with Gasteiger partial charge in [-0.15, -0.1) is 0 Å². The first kappa shape index (κ1) is 21.6. The summed E-state index contributed by atoms with van der Waals surface area (Å²) >= 11 is 3.42. The number of benzene rings is 3. The molecule has 7 heteroatoms. The number of carbonyl (C=O) groups excluding carboxylic acids is 2. The van der Waals surface area contributed by atoms with Crippen LogP contribution < -0.4 is 18.9 Å². The molecule has 0 saturated carbocycles. The van der Waals surface area contributed by atoms with Gasteiger partial charge in [0.05, 0.1) is 19.8 Å². The zero-order chi connectivity index (χ0) is 22.7. The molecule has 0 N–H and O–H groups in total. The van der Waals surface area contributed by atoms with Gasteiger partial charge in [-0.25, -0.2) is 0 Å². The Kier molecular flexibility index (Phi) is 6.28. The molecule has 1 aliphatic heterocycles. The highest BCUT2D eigenvalue weighted by Crippen LogP contribution is 2.36. The van der Waals surface area contributed by atoms with Crippen LogP contribution >= 0.6 is 15.9 Å². The van der Waals surface area contributed by atoms with E-state index >= 15 is 0 Å².